The topological polar surface area (TPSA) is 35.5 Å². The van der Waals surface area contributed by atoms with Crippen LogP contribution in [0.5, 0.6) is 5.75 Å². The van der Waals surface area contributed by atoms with Gasteiger partial charge in [-0.2, -0.15) is 8.78 Å². The lowest BCUT2D eigenvalue weighted by molar-refractivity contribution is -0.148. The van der Waals surface area contributed by atoms with Gasteiger partial charge in [-0.05, 0) is 6.92 Å². The van der Waals surface area contributed by atoms with Crippen LogP contribution < -0.4 is 4.74 Å². The van der Waals surface area contributed by atoms with E-state index in [0.29, 0.717) is 0 Å². The van der Waals surface area contributed by atoms with Crippen LogP contribution in [0.3, 0.4) is 0 Å². The summed E-state index contributed by atoms with van der Waals surface area (Å²) in [6.07, 6.45) is -1.52. The van der Waals surface area contributed by atoms with Crippen molar-refractivity contribution in [3.05, 3.63) is 29.1 Å². The third-order valence-electron chi connectivity index (χ3n) is 2.00. The number of halogens is 5. The Bertz CT molecular complexity index is 460. The van der Waals surface area contributed by atoms with Crippen LogP contribution in [0.15, 0.2) is 0 Å². The van der Waals surface area contributed by atoms with Gasteiger partial charge in [-0.25, -0.2) is 18.0 Å². The highest BCUT2D eigenvalue weighted by Gasteiger charge is 2.29. The van der Waals surface area contributed by atoms with Crippen molar-refractivity contribution in [2.75, 3.05) is 7.11 Å². The average molecular weight is 270 g/mol. The largest absolute Gasteiger partial charge is 0.473 e. The average Bonchev–Trinajstić information content (AvgIpc) is 2.37. The Kier molecular flexibility index (Phi) is 4.10. The molecule has 1 atom stereocenters. The van der Waals surface area contributed by atoms with Crippen molar-refractivity contribution in [2.45, 2.75) is 13.0 Å². The standard InChI is InChI=1S/C10H7F5O3/c1-3(10(16)17-2)18-9-7(14)5(12)4(11)6(13)8(9)15/h3H,1-2H3/t3-/m0/s1. The van der Waals surface area contributed by atoms with Crippen LogP contribution in [-0.4, -0.2) is 19.2 Å². The molecule has 1 aromatic carbocycles. The lowest BCUT2D eigenvalue weighted by Crippen LogP contribution is -2.26. The van der Waals surface area contributed by atoms with Crippen molar-refractivity contribution in [3.8, 4) is 5.75 Å². The third kappa shape index (κ3) is 2.36. The molecule has 100 valence electrons. The fourth-order valence-electron chi connectivity index (χ4n) is 1.08. The van der Waals surface area contributed by atoms with Crippen LogP contribution in [0.25, 0.3) is 0 Å². The molecule has 0 aliphatic rings. The molecular formula is C10H7F5O3. The Hall–Kier alpha value is -1.86. The predicted octanol–water partition coefficient (Wildman–Crippen LogP) is 2.32. The van der Waals surface area contributed by atoms with Crippen LogP contribution in [0.2, 0.25) is 0 Å². The Morgan fingerprint density at radius 2 is 1.33 bits per heavy atom. The zero-order valence-corrected chi connectivity index (χ0v) is 9.19. The Morgan fingerprint density at radius 1 is 0.944 bits per heavy atom. The first-order valence-electron chi connectivity index (χ1n) is 4.57. The van der Waals surface area contributed by atoms with Gasteiger partial charge in [0.05, 0.1) is 7.11 Å². The Labute approximate surface area is 98.1 Å². The van der Waals surface area contributed by atoms with Gasteiger partial charge in [-0.1, -0.05) is 0 Å². The van der Waals surface area contributed by atoms with Crippen molar-refractivity contribution >= 4 is 5.97 Å². The molecular weight excluding hydrogens is 263 g/mol. The molecule has 0 aliphatic carbocycles. The van der Waals surface area contributed by atoms with E-state index in [9.17, 15) is 26.7 Å². The highest BCUT2D eigenvalue weighted by molar-refractivity contribution is 5.74. The second-order valence-electron chi connectivity index (χ2n) is 3.18. The number of esters is 1. The van der Waals surface area contributed by atoms with Crippen LogP contribution in [0.4, 0.5) is 22.0 Å². The molecule has 0 bridgehead atoms. The zero-order valence-electron chi connectivity index (χ0n) is 9.19. The second-order valence-corrected chi connectivity index (χ2v) is 3.18. The highest BCUT2D eigenvalue weighted by Crippen LogP contribution is 2.29. The van der Waals surface area contributed by atoms with Crippen molar-refractivity contribution in [1.29, 1.82) is 0 Å². The predicted molar refractivity (Wildman–Crippen MR) is 48.3 cm³/mol. The van der Waals surface area contributed by atoms with Gasteiger partial charge in [0.2, 0.25) is 29.1 Å². The van der Waals surface area contributed by atoms with Gasteiger partial charge in [0.1, 0.15) is 0 Å². The van der Waals surface area contributed by atoms with Crippen LogP contribution in [0.1, 0.15) is 6.92 Å². The van der Waals surface area contributed by atoms with E-state index in [2.05, 4.69) is 9.47 Å². The Balaban J connectivity index is 3.22. The van der Waals surface area contributed by atoms with E-state index in [0.717, 1.165) is 14.0 Å². The maximum Gasteiger partial charge on any atom is 0.346 e. The first-order valence-corrected chi connectivity index (χ1v) is 4.57. The molecule has 0 fully saturated rings. The summed E-state index contributed by atoms with van der Waals surface area (Å²) in [6, 6.07) is 0. The van der Waals surface area contributed by atoms with Gasteiger partial charge in [-0.3, -0.25) is 0 Å². The van der Waals surface area contributed by atoms with E-state index in [1.165, 1.54) is 0 Å². The number of hydrogen-bond donors (Lipinski definition) is 0. The van der Waals surface area contributed by atoms with Crippen LogP contribution >= 0.6 is 0 Å². The first kappa shape index (κ1) is 14.2. The van der Waals surface area contributed by atoms with Gasteiger partial charge in [0.15, 0.2) is 11.9 Å². The van der Waals surface area contributed by atoms with Gasteiger partial charge in [0, 0.05) is 0 Å². The number of ether oxygens (including phenoxy) is 2. The molecule has 0 spiro atoms. The van der Waals surface area contributed by atoms with Gasteiger partial charge >= 0.3 is 5.97 Å². The summed E-state index contributed by atoms with van der Waals surface area (Å²) >= 11 is 0. The molecule has 0 aliphatic heterocycles. The van der Waals surface area contributed by atoms with Crippen LogP contribution in [0, 0.1) is 29.1 Å². The first-order chi connectivity index (χ1) is 8.31. The molecule has 0 unspecified atom stereocenters. The molecule has 8 heteroatoms. The summed E-state index contributed by atoms with van der Waals surface area (Å²) in [4.78, 5) is 10.9. The maximum atomic E-state index is 13.1. The van der Waals surface area contributed by atoms with E-state index >= 15 is 0 Å². The fourth-order valence-corrected chi connectivity index (χ4v) is 1.08. The van der Waals surface area contributed by atoms with Gasteiger partial charge in [-0.15, -0.1) is 0 Å². The van der Waals surface area contributed by atoms with Crippen molar-refractivity contribution in [1.82, 2.24) is 0 Å². The minimum Gasteiger partial charge on any atom is -0.473 e. The van der Waals surface area contributed by atoms with Crippen molar-refractivity contribution in [2.24, 2.45) is 0 Å². The molecule has 0 saturated carbocycles. The summed E-state index contributed by atoms with van der Waals surface area (Å²) < 4.78 is 73.1. The summed E-state index contributed by atoms with van der Waals surface area (Å²) in [5.41, 5.74) is 0. The third-order valence-corrected chi connectivity index (χ3v) is 2.00. The van der Waals surface area contributed by atoms with Gasteiger partial charge < -0.3 is 9.47 Å². The minimum absolute atomic E-state index is 0.973. The SMILES string of the molecule is COC(=O)[C@H](C)Oc1c(F)c(F)c(F)c(F)c1F. The molecule has 0 heterocycles. The minimum atomic E-state index is -2.30. The molecule has 0 aromatic heterocycles. The smallest absolute Gasteiger partial charge is 0.346 e. The second kappa shape index (κ2) is 5.19. The molecule has 0 N–H and O–H groups in total. The van der Waals surface area contributed by atoms with E-state index in [1.54, 1.807) is 0 Å². The number of carbonyl (C=O) groups excluding carboxylic acids is 1. The molecule has 18 heavy (non-hydrogen) atoms. The number of methoxy groups -OCH3 is 1. The molecule has 1 aromatic rings. The zero-order chi connectivity index (χ0) is 14.0. The van der Waals surface area contributed by atoms with Crippen molar-refractivity contribution < 1.29 is 36.2 Å². The van der Waals surface area contributed by atoms with E-state index in [-0.39, 0.29) is 0 Å². The van der Waals surface area contributed by atoms with E-state index in [4.69, 9.17) is 0 Å². The molecule has 0 amide bonds. The molecule has 1 rings (SSSR count). The number of carbonyl (C=O) groups is 1. The lowest BCUT2D eigenvalue weighted by Gasteiger charge is -2.14. The number of rotatable bonds is 3. The summed E-state index contributed by atoms with van der Waals surface area (Å²) in [6.45, 7) is 1.03. The quantitative estimate of drug-likeness (QED) is 0.366. The van der Waals surface area contributed by atoms with Gasteiger partial charge in [0.25, 0.3) is 0 Å². The maximum absolute atomic E-state index is 13.1. The number of benzene rings is 1. The monoisotopic (exact) mass is 270 g/mol. The lowest BCUT2D eigenvalue weighted by atomic mass is 10.2. The fraction of sp³-hybridized carbons (Fsp3) is 0.300. The van der Waals surface area contributed by atoms with Crippen molar-refractivity contribution in [3.63, 3.8) is 0 Å². The Morgan fingerprint density at radius 3 is 1.72 bits per heavy atom. The van der Waals surface area contributed by atoms with E-state index < -0.39 is 46.9 Å². The number of hydrogen-bond acceptors (Lipinski definition) is 3. The van der Waals surface area contributed by atoms with Crippen LogP contribution in [-0.2, 0) is 9.53 Å². The van der Waals surface area contributed by atoms with E-state index in [1.807, 2.05) is 0 Å². The summed E-state index contributed by atoms with van der Waals surface area (Å²) in [7, 11) is 0.973. The summed E-state index contributed by atoms with van der Waals surface area (Å²) in [5, 5.41) is 0. The normalized spacial score (nSPS) is 12.2. The highest BCUT2D eigenvalue weighted by atomic mass is 19.2. The molecule has 3 nitrogen and oxygen atoms in total. The molecule has 0 saturated heterocycles. The summed E-state index contributed by atoms with van der Waals surface area (Å²) in [5.74, 6) is -13.5. The molecule has 0 radical (unpaired) electrons.